The second-order valence-corrected chi connectivity index (χ2v) is 7.53. The van der Waals surface area contributed by atoms with Gasteiger partial charge in [0, 0.05) is 6.04 Å². The Kier molecular flexibility index (Phi) is 4.69. The van der Waals surface area contributed by atoms with Crippen LogP contribution in [0, 0.1) is 2.88 Å². The Morgan fingerprint density at radius 1 is 1.50 bits per heavy atom. The lowest BCUT2D eigenvalue weighted by Crippen LogP contribution is -2.22. The van der Waals surface area contributed by atoms with E-state index in [0.29, 0.717) is 11.1 Å². The molecule has 2 aromatic heterocycles. The molecular weight excluding hydrogens is 381 g/mol. The number of rotatable bonds is 4. The summed E-state index contributed by atoms with van der Waals surface area (Å²) in [6.45, 7) is 4.22. The Balaban J connectivity index is 2.47. The van der Waals surface area contributed by atoms with E-state index in [0.717, 1.165) is 5.69 Å². The minimum Gasteiger partial charge on any atom is -0.308 e. The lowest BCUT2D eigenvalue weighted by Gasteiger charge is -2.19. The van der Waals surface area contributed by atoms with Crippen LogP contribution in [-0.2, 0) is 0 Å². The maximum absolute atomic E-state index is 6.30. The third kappa shape index (κ3) is 2.74. The van der Waals surface area contributed by atoms with Gasteiger partial charge in [0.2, 0.25) is 0 Å². The molecule has 0 aliphatic heterocycles. The van der Waals surface area contributed by atoms with Gasteiger partial charge in [-0.2, -0.15) is 5.10 Å². The Hall–Kier alpha value is -0.110. The normalized spacial score (nSPS) is 13.2. The van der Waals surface area contributed by atoms with E-state index in [1.54, 1.807) is 17.5 Å². The van der Waals surface area contributed by atoms with Crippen LogP contribution in [-0.4, -0.2) is 16.8 Å². The van der Waals surface area contributed by atoms with Gasteiger partial charge in [0.25, 0.3) is 0 Å². The maximum atomic E-state index is 6.30. The Labute approximate surface area is 130 Å². The molecule has 0 radical (unpaired) electrons. The van der Waals surface area contributed by atoms with Crippen LogP contribution in [0.4, 0.5) is 0 Å². The average molecular weight is 396 g/mol. The quantitative estimate of drug-likeness (QED) is 0.790. The van der Waals surface area contributed by atoms with Gasteiger partial charge < -0.3 is 5.32 Å². The molecule has 0 aliphatic rings. The third-order valence-corrected chi connectivity index (χ3v) is 4.86. The van der Waals surface area contributed by atoms with Crippen molar-refractivity contribution in [1.82, 2.24) is 15.1 Å². The van der Waals surface area contributed by atoms with Gasteiger partial charge in [-0.1, -0.05) is 11.6 Å². The smallest absolute Gasteiger partial charge is 0.0837 e. The van der Waals surface area contributed by atoms with Crippen molar-refractivity contribution in [2.75, 3.05) is 7.05 Å². The zero-order valence-corrected chi connectivity index (χ0v) is 14.2. The van der Waals surface area contributed by atoms with Gasteiger partial charge in [-0.3, -0.25) is 4.68 Å². The Morgan fingerprint density at radius 3 is 2.72 bits per heavy atom. The molecule has 0 saturated heterocycles. The van der Waals surface area contributed by atoms with E-state index >= 15 is 0 Å². The van der Waals surface area contributed by atoms with E-state index in [1.165, 1.54) is 8.45 Å². The molecule has 2 aromatic rings. The van der Waals surface area contributed by atoms with Crippen LogP contribution < -0.4 is 5.32 Å². The molecule has 1 unspecified atom stereocenters. The van der Waals surface area contributed by atoms with E-state index in [4.69, 9.17) is 11.6 Å². The molecule has 2 heterocycles. The molecule has 0 aliphatic carbocycles. The molecule has 0 spiro atoms. The summed E-state index contributed by atoms with van der Waals surface area (Å²) in [7, 11) is 1.95. The predicted molar refractivity (Wildman–Crippen MR) is 85.6 cm³/mol. The molecule has 0 aromatic carbocycles. The van der Waals surface area contributed by atoms with Gasteiger partial charge in [-0.25, -0.2) is 0 Å². The number of nitrogens with one attached hydrogen (secondary N) is 1. The van der Waals surface area contributed by atoms with E-state index in [2.05, 4.69) is 58.3 Å². The van der Waals surface area contributed by atoms with Crippen molar-refractivity contribution in [3.63, 3.8) is 0 Å². The summed E-state index contributed by atoms with van der Waals surface area (Å²) < 4.78 is 3.25. The van der Waals surface area contributed by atoms with E-state index in [1.807, 2.05) is 11.7 Å². The first-order valence-corrected chi connectivity index (χ1v) is 8.02. The molecule has 0 bridgehead atoms. The first-order valence-electron chi connectivity index (χ1n) is 5.68. The number of hydrogen-bond acceptors (Lipinski definition) is 3. The van der Waals surface area contributed by atoms with Crippen molar-refractivity contribution in [2.45, 2.75) is 25.9 Å². The fourth-order valence-electron chi connectivity index (χ4n) is 1.97. The summed E-state index contributed by atoms with van der Waals surface area (Å²) in [6.07, 6.45) is 1.72. The van der Waals surface area contributed by atoms with Gasteiger partial charge in [-0.15, -0.1) is 11.3 Å². The summed E-state index contributed by atoms with van der Waals surface area (Å²) in [4.78, 5) is 0. The van der Waals surface area contributed by atoms with Gasteiger partial charge in [0.15, 0.2) is 0 Å². The summed E-state index contributed by atoms with van der Waals surface area (Å²) in [5.74, 6) is 0. The topological polar surface area (TPSA) is 29.9 Å². The van der Waals surface area contributed by atoms with Crippen molar-refractivity contribution in [3.8, 4) is 0 Å². The standard InChI is InChI=1S/C12H15ClIN3S/c1-7(2)17-12(9(13)5-16-17)11(15-3)8-4-10(14)18-6-8/h4-7,11,15H,1-3H3. The van der Waals surface area contributed by atoms with Crippen molar-refractivity contribution in [1.29, 1.82) is 0 Å². The lowest BCUT2D eigenvalue weighted by molar-refractivity contribution is 0.484. The molecule has 0 fully saturated rings. The largest absolute Gasteiger partial charge is 0.308 e. The monoisotopic (exact) mass is 395 g/mol. The van der Waals surface area contributed by atoms with Crippen LogP contribution in [0.25, 0.3) is 0 Å². The molecule has 1 atom stereocenters. The fraction of sp³-hybridized carbons (Fsp3) is 0.417. The summed E-state index contributed by atoms with van der Waals surface area (Å²) in [5, 5.41) is 10.6. The predicted octanol–water partition coefficient (Wildman–Crippen LogP) is 4.09. The Bertz CT molecular complexity index is 535. The minimum atomic E-state index is 0.0853. The summed E-state index contributed by atoms with van der Waals surface area (Å²) in [5.41, 5.74) is 2.26. The lowest BCUT2D eigenvalue weighted by atomic mass is 10.1. The van der Waals surface area contributed by atoms with Crippen LogP contribution in [0.5, 0.6) is 0 Å². The number of thiophene rings is 1. The second-order valence-electron chi connectivity index (χ2n) is 4.32. The van der Waals surface area contributed by atoms with Gasteiger partial charge in [0.05, 0.1) is 25.8 Å². The first-order chi connectivity index (χ1) is 8.54. The highest BCUT2D eigenvalue weighted by molar-refractivity contribution is 14.1. The van der Waals surface area contributed by atoms with E-state index in [-0.39, 0.29) is 6.04 Å². The highest BCUT2D eigenvalue weighted by Crippen LogP contribution is 2.32. The average Bonchev–Trinajstić information content (AvgIpc) is 2.88. The molecule has 1 N–H and O–H groups in total. The maximum Gasteiger partial charge on any atom is 0.0837 e. The van der Waals surface area contributed by atoms with Crippen LogP contribution >= 0.6 is 45.5 Å². The van der Waals surface area contributed by atoms with Crippen molar-refractivity contribution < 1.29 is 0 Å². The first kappa shape index (κ1) is 14.3. The summed E-state index contributed by atoms with van der Waals surface area (Å²) >= 11 is 10.4. The highest BCUT2D eigenvalue weighted by Gasteiger charge is 2.22. The van der Waals surface area contributed by atoms with Crippen LogP contribution in [0.15, 0.2) is 17.6 Å². The number of aromatic nitrogens is 2. The zero-order chi connectivity index (χ0) is 13.3. The third-order valence-electron chi connectivity index (χ3n) is 2.76. The second kappa shape index (κ2) is 5.90. The summed E-state index contributed by atoms with van der Waals surface area (Å²) in [6, 6.07) is 2.56. The number of hydrogen-bond donors (Lipinski definition) is 1. The molecular formula is C12H15ClIN3S. The minimum absolute atomic E-state index is 0.0853. The number of nitrogens with zero attached hydrogens (tertiary/aromatic N) is 2. The molecule has 3 nitrogen and oxygen atoms in total. The number of halogens is 2. The van der Waals surface area contributed by atoms with Gasteiger partial charge >= 0.3 is 0 Å². The van der Waals surface area contributed by atoms with Crippen molar-refractivity contribution >= 4 is 45.5 Å². The molecule has 6 heteroatoms. The highest BCUT2D eigenvalue weighted by atomic mass is 127. The molecule has 0 saturated carbocycles. The SMILES string of the molecule is CNC(c1csc(I)c1)c1c(Cl)cnn1C(C)C. The van der Waals surface area contributed by atoms with E-state index < -0.39 is 0 Å². The fourth-order valence-corrected chi connectivity index (χ4v) is 3.61. The van der Waals surface area contributed by atoms with Gasteiger partial charge in [-0.05, 0) is 60.5 Å². The van der Waals surface area contributed by atoms with Crippen LogP contribution in [0.3, 0.4) is 0 Å². The van der Waals surface area contributed by atoms with Gasteiger partial charge in [0.1, 0.15) is 0 Å². The molecule has 0 amide bonds. The van der Waals surface area contributed by atoms with E-state index in [9.17, 15) is 0 Å². The Morgan fingerprint density at radius 2 is 2.22 bits per heavy atom. The molecule has 2 rings (SSSR count). The van der Waals surface area contributed by atoms with Crippen LogP contribution in [0.2, 0.25) is 5.02 Å². The van der Waals surface area contributed by atoms with Crippen LogP contribution in [0.1, 0.15) is 37.2 Å². The zero-order valence-electron chi connectivity index (χ0n) is 10.4. The van der Waals surface area contributed by atoms with Crippen molar-refractivity contribution in [3.05, 3.63) is 36.8 Å². The molecule has 18 heavy (non-hydrogen) atoms. The van der Waals surface area contributed by atoms with Crippen molar-refractivity contribution in [2.24, 2.45) is 0 Å². The molecule has 98 valence electrons.